The number of likely N-dealkylation sites (tertiary alicyclic amines) is 1. The maximum Gasteiger partial charge on any atom is 0.274 e. The normalized spacial score (nSPS) is 21.0. The summed E-state index contributed by atoms with van der Waals surface area (Å²) in [4.78, 5) is 33.8. The van der Waals surface area contributed by atoms with E-state index in [-0.39, 0.29) is 23.6 Å². The molecule has 34 heavy (non-hydrogen) atoms. The fourth-order valence-electron chi connectivity index (χ4n) is 4.93. The average Bonchev–Trinajstić information content (AvgIpc) is 3.17. The maximum atomic E-state index is 13.7. The van der Waals surface area contributed by atoms with Gasteiger partial charge in [-0.1, -0.05) is 41.0 Å². The van der Waals surface area contributed by atoms with E-state index in [0.29, 0.717) is 46.6 Å². The summed E-state index contributed by atoms with van der Waals surface area (Å²) in [5.74, 6) is 0.476. The number of nitrogens with one attached hydrogen (secondary N) is 1. The first-order chi connectivity index (χ1) is 16.5. The highest BCUT2D eigenvalue weighted by Crippen LogP contribution is 2.50. The summed E-state index contributed by atoms with van der Waals surface area (Å²) in [7, 11) is 0. The van der Waals surface area contributed by atoms with E-state index in [1.165, 1.54) is 11.3 Å². The van der Waals surface area contributed by atoms with Crippen molar-refractivity contribution in [1.29, 1.82) is 0 Å². The SMILES string of the molecule is Cc1nc(C(=O)N2C[C@H]3C[C@H]3[C@H]2CNC(=O)c2noc3ccccc23)c(-c2cccc(Cl)c2)s1. The van der Waals surface area contributed by atoms with Crippen LogP contribution in [0.5, 0.6) is 0 Å². The van der Waals surface area contributed by atoms with Crippen molar-refractivity contribution in [2.45, 2.75) is 19.4 Å². The third-order valence-electron chi connectivity index (χ3n) is 6.65. The number of carbonyl (C=O) groups excluding carboxylic acids is 2. The van der Waals surface area contributed by atoms with E-state index in [1.54, 1.807) is 6.07 Å². The molecule has 1 saturated carbocycles. The second kappa shape index (κ2) is 8.21. The van der Waals surface area contributed by atoms with Crippen LogP contribution in [0.25, 0.3) is 21.4 Å². The van der Waals surface area contributed by atoms with Gasteiger partial charge in [0.1, 0.15) is 5.69 Å². The van der Waals surface area contributed by atoms with Gasteiger partial charge < -0.3 is 14.7 Å². The van der Waals surface area contributed by atoms with Gasteiger partial charge in [-0.25, -0.2) is 4.98 Å². The first-order valence-electron chi connectivity index (χ1n) is 11.2. The number of piperidine rings is 1. The molecule has 0 radical (unpaired) electrons. The lowest BCUT2D eigenvalue weighted by atomic mass is 10.1. The van der Waals surface area contributed by atoms with Gasteiger partial charge in [0.25, 0.3) is 11.8 Å². The summed E-state index contributed by atoms with van der Waals surface area (Å²) in [6, 6.07) is 14.7. The third kappa shape index (κ3) is 3.67. The summed E-state index contributed by atoms with van der Waals surface area (Å²) in [5, 5.41) is 9.04. The van der Waals surface area contributed by atoms with Crippen molar-refractivity contribution >= 4 is 45.7 Å². The van der Waals surface area contributed by atoms with Crippen LogP contribution >= 0.6 is 22.9 Å². The minimum atomic E-state index is -0.300. The van der Waals surface area contributed by atoms with Gasteiger partial charge in [-0.2, -0.15) is 0 Å². The first kappa shape index (κ1) is 21.3. The van der Waals surface area contributed by atoms with Crippen molar-refractivity contribution in [2.24, 2.45) is 11.8 Å². The molecule has 6 rings (SSSR count). The molecule has 2 aliphatic rings. The Kier molecular flexibility index (Phi) is 5.15. The highest BCUT2D eigenvalue weighted by atomic mass is 35.5. The third-order valence-corrected chi connectivity index (χ3v) is 7.91. The highest BCUT2D eigenvalue weighted by Gasteiger charge is 2.54. The van der Waals surface area contributed by atoms with Gasteiger partial charge in [0.2, 0.25) is 0 Å². The molecule has 172 valence electrons. The largest absolute Gasteiger partial charge is 0.355 e. The van der Waals surface area contributed by atoms with Crippen LogP contribution in [0.15, 0.2) is 53.1 Å². The summed E-state index contributed by atoms with van der Waals surface area (Å²) in [6.45, 7) is 2.95. The number of hydrogen-bond donors (Lipinski definition) is 1. The number of hydrogen-bond acceptors (Lipinski definition) is 6. The van der Waals surface area contributed by atoms with Gasteiger partial charge in [-0.3, -0.25) is 9.59 Å². The minimum Gasteiger partial charge on any atom is -0.355 e. The van der Waals surface area contributed by atoms with Crippen LogP contribution in [0.2, 0.25) is 5.02 Å². The van der Waals surface area contributed by atoms with Crippen molar-refractivity contribution in [3.8, 4) is 10.4 Å². The van der Waals surface area contributed by atoms with Gasteiger partial charge in [0.15, 0.2) is 11.3 Å². The molecule has 0 spiro atoms. The van der Waals surface area contributed by atoms with E-state index in [1.807, 2.05) is 54.3 Å². The first-order valence-corrected chi connectivity index (χ1v) is 12.4. The number of benzene rings is 2. The van der Waals surface area contributed by atoms with Crippen molar-refractivity contribution in [3.63, 3.8) is 0 Å². The van der Waals surface area contributed by atoms with Crippen LogP contribution in [0.3, 0.4) is 0 Å². The zero-order valence-corrected chi connectivity index (χ0v) is 19.9. The van der Waals surface area contributed by atoms with Crippen molar-refractivity contribution in [2.75, 3.05) is 13.1 Å². The van der Waals surface area contributed by atoms with Gasteiger partial charge in [-0.15, -0.1) is 11.3 Å². The van der Waals surface area contributed by atoms with Crippen molar-refractivity contribution < 1.29 is 14.1 Å². The Labute approximate surface area is 204 Å². The van der Waals surface area contributed by atoms with Crippen molar-refractivity contribution in [3.05, 3.63) is 69.9 Å². The van der Waals surface area contributed by atoms with Crippen LogP contribution in [-0.4, -0.2) is 46.0 Å². The molecule has 4 aromatic rings. The molecule has 9 heteroatoms. The Hall–Kier alpha value is -3.23. The number of carbonyl (C=O) groups is 2. The molecule has 0 unspecified atom stereocenters. The van der Waals surface area contributed by atoms with Gasteiger partial charge in [0, 0.05) is 18.1 Å². The monoisotopic (exact) mass is 492 g/mol. The van der Waals surface area contributed by atoms with Crippen LogP contribution in [-0.2, 0) is 0 Å². The Bertz CT molecular complexity index is 1430. The quantitative estimate of drug-likeness (QED) is 0.432. The molecule has 3 heterocycles. The molecular weight excluding hydrogens is 472 g/mol. The lowest BCUT2D eigenvalue weighted by Gasteiger charge is -2.27. The van der Waals surface area contributed by atoms with Crippen LogP contribution < -0.4 is 5.32 Å². The van der Waals surface area contributed by atoms with Crippen LogP contribution in [0.1, 0.15) is 32.4 Å². The molecule has 1 aliphatic carbocycles. The number of fused-ring (bicyclic) bond motifs is 2. The number of aromatic nitrogens is 2. The second-order valence-corrected chi connectivity index (χ2v) is 10.5. The topological polar surface area (TPSA) is 88.3 Å². The predicted molar refractivity (Wildman–Crippen MR) is 130 cm³/mol. The zero-order valence-electron chi connectivity index (χ0n) is 18.3. The van der Waals surface area contributed by atoms with Crippen LogP contribution in [0, 0.1) is 18.8 Å². The van der Waals surface area contributed by atoms with Crippen LogP contribution in [0.4, 0.5) is 0 Å². The van der Waals surface area contributed by atoms with Crippen molar-refractivity contribution in [1.82, 2.24) is 20.4 Å². The summed E-state index contributed by atoms with van der Waals surface area (Å²) in [6.07, 6.45) is 1.08. The lowest BCUT2D eigenvalue weighted by Crippen LogP contribution is -2.45. The van der Waals surface area contributed by atoms with Gasteiger partial charge in [0.05, 0.1) is 21.3 Å². The average molecular weight is 493 g/mol. The van der Waals surface area contributed by atoms with E-state index in [4.69, 9.17) is 16.1 Å². The molecule has 2 aromatic heterocycles. The highest BCUT2D eigenvalue weighted by molar-refractivity contribution is 7.15. The van der Waals surface area contributed by atoms with E-state index in [0.717, 1.165) is 21.9 Å². The zero-order chi connectivity index (χ0) is 23.4. The summed E-state index contributed by atoms with van der Waals surface area (Å²) in [5.41, 5.74) is 2.16. The second-order valence-electron chi connectivity index (χ2n) is 8.84. The van der Waals surface area contributed by atoms with E-state index >= 15 is 0 Å². The fraction of sp³-hybridized carbons (Fsp3) is 0.280. The number of nitrogens with zero attached hydrogens (tertiary/aromatic N) is 3. The summed E-state index contributed by atoms with van der Waals surface area (Å²) < 4.78 is 5.26. The molecule has 2 fully saturated rings. The number of halogens is 1. The number of thiazole rings is 1. The van der Waals surface area contributed by atoms with E-state index in [9.17, 15) is 9.59 Å². The van der Waals surface area contributed by atoms with Gasteiger partial charge in [-0.05, 0) is 55.0 Å². The predicted octanol–water partition coefficient (Wildman–Crippen LogP) is 4.80. The maximum absolute atomic E-state index is 13.7. The Morgan fingerprint density at radius 1 is 1.21 bits per heavy atom. The summed E-state index contributed by atoms with van der Waals surface area (Å²) >= 11 is 7.68. The molecule has 7 nitrogen and oxygen atoms in total. The lowest BCUT2D eigenvalue weighted by molar-refractivity contribution is 0.0690. The Balaban J connectivity index is 1.23. The molecule has 2 amide bonds. The van der Waals surface area contributed by atoms with E-state index < -0.39 is 0 Å². The number of amides is 2. The number of rotatable bonds is 5. The molecule has 2 aromatic carbocycles. The molecule has 1 saturated heterocycles. The Morgan fingerprint density at radius 3 is 2.91 bits per heavy atom. The fourth-order valence-corrected chi connectivity index (χ4v) is 6.03. The minimum absolute atomic E-state index is 0.0752. The molecular formula is C25H21ClN4O3S. The number of para-hydroxylation sites is 1. The Morgan fingerprint density at radius 2 is 2.06 bits per heavy atom. The molecule has 0 bridgehead atoms. The molecule has 1 aliphatic heterocycles. The molecule has 3 atom stereocenters. The molecule has 1 N–H and O–H groups in total. The van der Waals surface area contributed by atoms with E-state index in [2.05, 4.69) is 15.5 Å². The smallest absolute Gasteiger partial charge is 0.274 e. The standard InChI is InChI=1S/C25H21ClN4O3S/c1-13-28-22(23(34-13)14-5-4-6-16(26)9-14)25(32)30-12-15-10-18(15)19(30)11-27-24(31)21-17-7-2-3-8-20(17)33-29-21/h2-9,15,18-19H,10-12H2,1H3,(H,27,31)/t15-,18-,19-/m1/s1. The van der Waals surface area contributed by atoms with Gasteiger partial charge >= 0.3 is 0 Å². The number of aryl methyl sites for hydroxylation is 1.